The van der Waals surface area contributed by atoms with Crippen LogP contribution in [0.5, 0.6) is 0 Å². The fourth-order valence-electron chi connectivity index (χ4n) is 3.88. The minimum atomic E-state index is -1.43. The van der Waals surface area contributed by atoms with Crippen LogP contribution in [0.25, 0.3) is 0 Å². The van der Waals surface area contributed by atoms with E-state index in [4.69, 9.17) is 75.3 Å². The van der Waals surface area contributed by atoms with Crippen LogP contribution in [0.15, 0.2) is 42.5 Å². The molecule has 0 aliphatic heterocycles. The van der Waals surface area contributed by atoms with Gasteiger partial charge in [0.25, 0.3) is 0 Å². The van der Waals surface area contributed by atoms with Crippen molar-refractivity contribution < 1.29 is 18.4 Å². The van der Waals surface area contributed by atoms with Gasteiger partial charge in [-0.25, -0.2) is 8.78 Å². The maximum Gasteiger partial charge on any atom is 0.231 e. The third-order valence-corrected chi connectivity index (χ3v) is 8.21. The summed E-state index contributed by atoms with van der Waals surface area (Å²) < 4.78 is 26.1. The molecule has 0 bridgehead atoms. The third kappa shape index (κ3) is 5.26. The van der Waals surface area contributed by atoms with Crippen molar-refractivity contribution in [2.75, 3.05) is 11.1 Å². The Morgan fingerprint density at radius 1 is 0.917 bits per heavy atom. The van der Waals surface area contributed by atoms with E-state index in [-0.39, 0.29) is 43.3 Å². The molecule has 0 unspecified atom stereocenters. The van der Waals surface area contributed by atoms with E-state index in [1.807, 2.05) is 0 Å². The highest BCUT2D eigenvalue weighted by atomic mass is 35.5. The standard InChI is InChI=1S/C24H14Cl6F2N2O2/c25-13-2-1-11(8-12(13)18(35)5-9-3-16(31)22(33)17(32)4-9)34-23(36)20-19(24(20,29)30)10-6-14(26)21(28)15(27)7-10/h1-4,6-8,19-20H,5,33H2,(H,34,36)/t19-,20+/m0/s1. The monoisotopic (exact) mass is 610 g/mol. The normalized spacial score (nSPS) is 18.1. The highest BCUT2D eigenvalue weighted by Gasteiger charge is 2.67. The third-order valence-electron chi connectivity index (χ3n) is 5.74. The summed E-state index contributed by atoms with van der Waals surface area (Å²) in [4.78, 5) is 25.8. The van der Waals surface area contributed by atoms with Crippen LogP contribution < -0.4 is 11.1 Å². The highest BCUT2D eigenvalue weighted by molar-refractivity contribution is 6.54. The first kappa shape index (κ1) is 27.2. The van der Waals surface area contributed by atoms with Crippen LogP contribution in [0.4, 0.5) is 20.2 Å². The van der Waals surface area contributed by atoms with E-state index in [1.54, 1.807) is 0 Å². The summed E-state index contributed by atoms with van der Waals surface area (Å²) >= 11 is 37.1. The molecule has 3 N–H and O–H groups in total. The molecule has 3 aromatic rings. The molecule has 0 spiro atoms. The lowest BCUT2D eigenvalue weighted by Gasteiger charge is -2.10. The van der Waals surface area contributed by atoms with Gasteiger partial charge in [-0.3, -0.25) is 9.59 Å². The van der Waals surface area contributed by atoms with Gasteiger partial charge in [0, 0.05) is 23.6 Å². The first-order valence-corrected chi connectivity index (χ1v) is 12.5. The summed E-state index contributed by atoms with van der Waals surface area (Å²) in [5.41, 5.74) is 5.52. The maximum atomic E-state index is 13.7. The number of ketones is 1. The zero-order valence-corrected chi connectivity index (χ0v) is 22.4. The summed E-state index contributed by atoms with van der Waals surface area (Å²) in [5.74, 6) is -4.47. The van der Waals surface area contributed by atoms with Crippen molar-refractivity contribution in [1.29, 1.82) is 0 Å². The number of nitrogens with two attached hydrogens (primary N) is 1. The van der Waals surface area contributed by atoms with Gasteiger partial charge in [-0.15, -0.1) is 23.2 Å². The molecule has 3 aromatic carbocycles. The molecule has 36 heavy (non-hydrogen) atoms. The SMILES string of the molecule is Nc1c(F)cc(CC(=O)c2cc(NC(=O)[C@H]3[C@H](c4cc(Cl)c(Cl)c(Cl)c4)C3(Cl)Cl)ccc2Cl)cc1F. The number of rotatable bonds is 6. The molecule has 1 saturated carbocycles. The van der Waals surface area contributed by atoms with E-state index >= 15 is 0 Å². The molecule has 1 aliphatic carbocycles. The van der Waals surface area contributed by atoms with Gasteiger partial charge >= 0.3 is 0 Å². The Balaban J connectivity index is 1.52. The smallest absolute Gasteiger partial charge is 0.231 e. The molecule has 188 valence electrons. The lowest BCUT2D eigenvalue weighted by Crippen LogP contribution is -2.17. The highest BCUT2D eigenvalue weighted by Crippen LogP contribution is 2.65. The quantitative estimate of drug-likeness (QED) is 0.128. The second-order valence-electron chi connectivity index (χ2n) is 8.19. The topological polar surface area (TPSA) is 72.2 Å². The van der Waals surface area contributed by atoms with Gasteiger partial charge in [-0.05, 0) is 53.6 Å². The van der Waals surface area contributed by atoms with Crippen molar-refractivity contribution >= 4 is 92.7 Å². The number of Topliss-reactive ketones (excluding diaryl/α,β-unsaturated/α-hetero) is 1. The zero-order valence-electron chi connectivity index (χ0n) is 17.8. The van der Waals surface area contributed by atoms with Gasteiger partial charge in [-0.2, -0.15) is 0 Å². The van der Waals surface area contributed by atoms with Crippen LogP contribution in [0.3, 0.4) is 0 Å². The number of anilines is 2. The first-order valence-electron chi connectivity index (χ1n) is 10.2. The van der Waals surface area contributed by atoms with Crippen molar-refractivity contribution in [3.63, 3.8) is 0 Å². The van der Waals surface area contributed by atoms with Crippen LogP contribution in [-0.2, 0) is 11.2 Å². The predicted octanol–water partition coefficient (Wildman–Crippen LogP) is 8.11. The lowest BCUT2D eigenvalue weighted by molar-refractivity contribution is -0.117. The van der Waals surface area contributed by atoms with Crippen molar-refractivity contribution in [3.8, 4) is 0 Å². The lowest BCUT2D eigenvalue weighted by atomic mass is 10.0. The first-order chi connectivity index (χ1) is 16.8. The van der Waals surface area contributed by atoms with Crippen LogP contribution in [0.1, 0.15) is 27.4 Å². The molecule has 1 fully saturated rings. The molecule has 0 heterocycles. The average Bonchev–Trinajstić information content (AvgIpc) is 3.38. The van der Waals surface area contributed by atoms with E-state index in [0.717, 1.165) is 12.1 Å². The molecule has 2 atom stereocenters. The van der Waals surface area contributed by atoms with Crippen molar-refractivity contribution in [2.24, 2.45) is 5.92 Å². The van der Waals surface area contributed by atoms with Crippen molar-refractivity contribution in [1.82, 2.24) is 0 Å². The molecule has 0 radical (unpaired) electrons. The van der Waals surface area contributed by atoms with Gasteiger partial charge in [-0.1, -0.05) is 46.4 Å². The number of carbonyl (C=O) groups excluding carboxylic acids is 2. The molecule has 4 nitrogen and oxygen atoms in total. The minimum absolute atomic E-state index is 0.0405. The van der Waals surface area contributed by atoms with Gasteiger partial charge in [0.15, 0.2) is 5.78 Å². The number of carbonyl (C=O) groups is 2. The number of hydrogen-bond acceptors (Lipinski definition) is 3. The second kappa shape index (κ2) is 10.2. The summed E-state index contributed by atoms with van der Waals surface area (Å²) in [6.45, 7) is 0. The van der Waals surface area contributed by atoms with Gasteiger partial charge in [0.1, 0.15) is 21.7 Å². The molecular formula is C24H14Cl6F2N2O2. The number of nitrogen functional groups attached to an aromatic ring is 1. The van der Waals surface area contributed by atoms with Crippen LogP contribution in [0.2, 0.25) is 20.1 Å². The van der Waals surface area contributed by atoms with Crippen molar-refractivity contribution in [3.05, 3.63) is 90.9 Å². The number of alkyl halides is 2. The predicted molar refractivity (Wildman–Crippen MR) is 141 cm³/mol. The Morgan fingerprint density at radius 3 is 2.08 bits per heavy atom. The van der Waals surface area contributed by atoms with E-state index < -0.39 is 45.2 Å². The second-order valence-corrected chi connectivity index (χ2v) is 11.2. The molecular weight excluding hydrogens is 599 g/mol. The minimum Gasteiger partial charge on any atom is -0.394 e. The largest absolute Gasteiger partial charge is 0.394 e. The van der Waals surface area contributed by atoms with Crippen LogP contribution in [-0.4, -0.2) is 16.0 Å². The molecule has 1 amide bonds. The van der Waals surface area contributed by atoms with Gasteiger partial charge in [0.2, 0.25) is 5.91 Å². The molecule has 0 aromatic heterocycles. The summed E-state index contributed by atoms with van der Waals surface area (Å²) in [7, 11) is 0. The number of benzene rings is 3. The average molecular weight is 613 g/mol. The Bertz CT molecular complexity index is 1370. The van der Waals surface area contributed by atoms with E-state index in [2.05, 4.69) is 5.32 Å². The molecule has 12 heteroatoms. The Morgan fingerprint density at radius 2 is 1.50 bits per heavy atom. The fourth-order valence-corrected chi connectivity index (χ4v) is 5.54. The van der Waals surface area contributed by atoms with E-state index in [1.165, 1.54) is 30.3 Å². The maximum absolute atomic E-state index is 13.7. The van der Waals surface area contributed by atoms with E-state index in [9.17, 15) is 18.4 Å². The number of hydrogen-bond donors (Lipinski definition) is 2. The molecule has 0 saturated heterocycles. The summed E-state index contributed by atoms with van der Waals surface area (Å²) in [5, 5.41) is 3.31. The Hall–Kier alpha value is -1.80. The Kier molecular flexibility index (Phi) is 7.69. The fraction of sp³-hybridized carbons (Fsp3) is 0.167. The molecule has 4 rings (SSSR count). The summed E-state index contributed by atoms with van der Waals surface area (Å²) in [6, 6.07) is 9.26. The number of nitrogens with one attached hydrogen (secondary N) is 1. The van der Waals surface area contributed by atoms with Gasteiger partial charge < -0.3 is 11.1 Å². The zero-order chi connectivity index (χ0) is 26.5. The van der Waals surface area contributed by atoms with Gasteiger partial charge in [0.05, 0.1) is 26.0 Å². The summed E-state index contributed by atoms with van der Waals surface area (Å²) in [6.07, 6.45) is -0.347. The van der Waals surface area contributed by atoms with Crippen molar-refractivity contribution in [2.45, 2.75) is 16.7 Å². The number of halogens is 8. The van der Waals surface area contributed by atoms with E-state index in [0.29, 0.717) is 5.56 Å². The molecule has 1 aliphatic rings. The van der Waals surface area contributed by atoms with Crippen LogP contribution in [0, 0.1) is 17.6 Å². The number of amides is 1. The van der Waals surface area contributed by atoms with Crippen LogP contribution >= 0.6 is 69.6 Å². The Labute approximate surface area is 234 Å².